The lowest BCUT2D eigenvalue weighted by Gasteiger charge is -2.35. The molecule has 2 aromatic carbocycles. The molecule has 0 spiro atoms. The van der Waals surface area contributed by atoms with E-state index in [1.165, 1.54) is 12.1 Å². The third-order valence-electron chi connectivity index (χ3n) is 5.97. The number of aromatic nitrogens is 2. The van der Waals surface area contributed by atoms with E-state index in [4.69, 9.17) is 4.74 Å². The molecule has 0 aliphatic carbocycles. The van der Waals surface area contributed by atoms with Gasteiger partial charge in [0.05, 0.1) is 11.9 Å². The molecular formula is C29H33FN4O2. The molecule has 0 bridgehead atoms. The van der Waals surface area contributed by atoms with E-state index >= 15 is 0 Å². The molecule has 0 atom stereocenters. The molecule has 1 aliphatic rings. The molecule has 7 heteroatoms. The molecule has 1 saturated heterocycles. The minimum Gasteiger partial charge on any atom is -0.444 e. The van der Waals surface area contributed by atoms with Gasteiger partial charge < -0.3 is 15.0 Å². The van der Waals surface area contributed by atoms with Gasteiger partial charge in [0.25, 0.3) is 0 Å². The third kappa shape index (κ3) is 6.68. The zero-order chi connectivity index (χ0) is 25.7. The second-order valence-electron chi connectivity index (χ2n) is 10.2. The van der Waals surface area contributed by atoms with Crippen LogP contribution in [-0.4, -0.2) is 41.0 Å². The third-order valence-corrected chi connectivity index (χ3v) is 5.97. The van der Waals surface area contributed by atoms with Gasteiger partial charge in [0.1, 0.15) is 17.1 Å². The van der Waals surface area contributed by atoms with Crippen molar-refractivity contribution in [2.45, 2.75) is 52.2 Å². The average molecular weight is 489 g/mol. The Morgan fingerprint density at radius 3 is 2.50 bits per heavy atom. The molecule has 4 rings (SSSR count). The van der Waals surface area contributed by atoms with E-state index < -0.39 is 11.7 Å². The molecule has 6 nitrogen and oxygen atoms in total. The van der Waals surface area contributed by atoms with Gasteiger partial charge in [0, 0.05) is 24.7 Å². The van der Waals surface area contributed by atoms with Gasteiger partial charge in [-0.15, -0.1) is 5.10 Å². The lowest BCUT2D eigenvalue weighted by atomic mass is 9.98. The number of piperidine rings is 1. The molecular weight excluding hydrogens is 455 g/mol. The fraction of sp³-hybridized carbons (Fsp3) is 0.345. The number of nitrogens with zero attached hydrogens (tertiary/aromatic N) is 3. The summed E-state index contributed by atoms with van der Waals surface area (Å²) in [7, 11) is 0. The average Bonchev–Trinajstić information content (AvgIpc) is 2.82. The highest BCUT2D eigenvalue weighted by Crippen LogP contribution is 2.36. The van der Waals surface area contributed by atoms with Gasteiger partial charge in [-0.2, -0.15) is 5.10 Å². The number of alkyl carbamates (subject to hydrolysis) is 1. The first-order valence-corrected chi connectivity index (χ1v) is 12.3. The van der Waals surface area contributed by atoms with Gasteiger partial charge in [0.15, 0.2) is 0 Å². The topological polar surface area (TPSA) is 67.4 Å². The summed E-state index contributed by atoms with van der Waals surface area (Å²) in [6, 6.07) is 15.0. The van der Waals surface area contributed by atoms with Gasteiger partial charge in [-0.3, -0.25) is 0 Å². The molecule has 1 fully saturated rings. The summed E-state index contributed by atoms with van der Waals surface area (Å²) in [5, 5.41) is 11.7. The maximum absolute atomic E-state index is 14.3. The summed E-state index contributed by atoms with van der Waals surface area (Å²) in [6.45, 7) is 8.85. The molecule has 188 valence electrons. The van der Waals surface area contributed by atoms with Crippen molar-refractivity contribution in [2.24, 2.45) is 0 Å². The largest absolute Gasteiger partial charge is 0.444 e. The molecule has 0 unspecified atom stereocenters. The highest BCUT2D eigenvalue weighted by atomic mass is 19.1. The standard InChI is InChI=1S/C29H33FN4O2/c1-20-16-22(18-23(30)17-20)25-19-31-33-26(11-10-21-8-6-5-7-9-21)27(25)34-14-12-24(13-15-34)32-28(35)36-29(2,3)4/h5-11,16-19,24H,12-15H2,1-4H3,(H,32,35)/b11-10+. The van der Waals surface area contributed by atoms with E-state index in [0.717, 1.165) is 46.5 Å². The number of ether oxygens (including phenoxy) is 1. The molecule has 3 aromatic rings. The molecule has 1 aliphatic heterocycles. The lowest BCUT2D eigenvalue weighted by Crippen LogP contribution is -2.46. The Hall–Kier alpha value is -3.74. The molecule has 0 saturated carbocycles. The molecule has 1 aromatic heterocycles. The summed E-state index contributed by atoms with van der Waals surface area (Å²) in [4.78, 5) is 14.5. The quantitative estimate of drug-likeness (QED) is 0.459. The Balaban J connectivity index is 1.63. The van der Waals surface area contributed by atoms with Crippen LogP contribution in [0.2, 0.25) is 0 Å². The number of carbonyl (C=O) groups is 1. The van der Waals surface area contributed by atoms with Crippen LogP contribution in [0.3, 0.4) is 0 Å². The Morgan fingerprint density at radius 1 is 1.11 bits per heavy atom. The van der Waals surface area contributed by atoms with E-state index in [1.54, 1.807) is 6.20 Å². The molecule has 36 heavy (non-hydrogen) atoms. The van der Waals surface area contributed by atoms with Crippen molar-refractivity contribution in [3.8, 4) is 11.1 Å². The Bertz CT molecular complexity index is 1210. The van der Waals surface area contributed by atoms with Gasteiger partial charge >= 0.3 is 6.09 Å². The van der Waals surface area contributed by atoms with Crippen molar-refractivity contribution in [3.05, 3.63) is 77.4 Å². The van der Waals surface area contributed by atoms with Crippen LogP contribution >= 0.6 is 0 Å². The number of hydrogen-bond donors (Lipinski definition) is 1. The summed E-state index contributed by atoms with van der Waals surface area (Å²) in [5.74, 6) is -0.283. The van der Waals surface area contributed by atoms with Gasteiger partial charge in [-0.1, -0.05) is 42.5 Å². The first-order chi connectivity index (χ1) is 17.2. The van der Waals surface area contributed by atoms with Crippen LogP contribution in [0.1, 0.15) is 50.4 Å². The van der Waals surface area contributed by atoms with Crippen molar-refractivity contribution < 1.29 is 13.9 Å². The number of hydrogen-bond acceptors (Lipinski definition) is 5. The van der Waals surface area contributed by atoms with Gasteiger partial charge in [-0.25, -0.2) is 9.18 Å². The van der Waals surface area contributed by atoms with Crippen LogP contribution in [0.4, 0.5) is 14.9 Å². The van der Waals surface area contributed by atoms with E-state index in [1.807, 2.05) is 76.2 Å². The zero-order valence-electron chi connectivity index (χ0n) is 21.3. The fourth-order valence-corrected chi connectivity index (χ4v) is 4.40. The second kappa shape index (κ2) is 10.9. The first-order valence-electron chi connectivity index (χ1n) is 12.3. The summed E-state index contributed by atoms with van der Waals surface area (Å²) >= 11 is 0. The monoisotopic (exact) mass is 488 g/mol. The number of amides is 1. The maximum atomic E-state index is 14.3. The minimum absolute atomic E-state index is 0.0223. The van der Waals surface area contributed by atoms with Crippen molar-refractivity contribution in [3.63, 3.8) is 0 Å². The molecule has 0 radical (unpaired) electrons. The maximum Gasteiger partial charge on any atom is 0.407 e. The number of nitrogens with one attached hydrogen (secondary N) is 1. The Labute approximate surface area is 212 Å². The van der Waals surface area contributed by atoms with Crippen molar-refractivity contribution >= 4 is 23.9 Å². The van der Waals surface area contributed by atoms with Gasteiger partial charge in [0.2, 0.25) is 0 Å². The number of carbonyl (C=O) groups excluding carboxylic acids is 1. The van der Waals surface area contributed by atoms with E-state index in [0.29, 0.717) is 13.1 Å². The summed E-state index contributed by atoms with van der Waals surface area (Å²) < 4.78 is 19.7. The Kier molecular flexibility index (Phi) is 7.67. The van der Waals surface area contributed by atoms with Crippen molar-refractivity contribution in [2.75, 3.05) is 18.0 Å². The van der Waals surface area contributed by atoms with Gasteiger partial charge in [-0.05, 0) is 75.4 Å². The fourth-order valence-electron chi connectivity index (χ4n) is 4.40. The number of anilines is 1. The van der Waals surface area contributed by atoms with Crippen LogP contribution in [0, 0.1) is 12.7 Å². The second-order valence-corrected chi connectivity index (χ2v) is 10.2. The SMILES string of the molecule is Cc1cc(F)cc(-c2cnnc(/C=C/c3ccccc3)c2N2CCC(NC(=O)OC(C)(C)C)CC2)c1. The molecule has 2 heterocycles. The van der Waals surface area contributed by atoms with E-state index in [-0.39, 0.29) is 11.9 Å². The number of aryl methyl sites for hydroxylation is 1. The van der Waals surface area contributed by atoms with Crippen LogP contribution in [0.25, 0.3) is 23.3 Å². The van der Waals surface area contributed by atoms with Crippen LogP contribution in [0.5, 0.6) is 0 Å². The summed E-state index contributed by atoms with van der Waals surface area (Å²) in [5.41, 5.74) is 4.59. The highest BCUT2D eigenvalue weighted by molar-refractivity contribution is 5.86. The van der Waals surface area contributed by atoms with E-state index in [2.05, 4.69) is 20.4 Å². The predicted octanol–water partition coefficient (Wildman–Crippen LogP) is 6.26. The van der Waals surface area contributed by atoms with E-state index in [9.17, 15) is 9.18 Å². The molecule has 1 N–H and O–H groups in total. The molecule has 1 amide bonds. The normalized spacial score (nSPS) is 14.8. The van der Waals surface area contributed by atoms with Crippen LogP contribution < -0.4 is 10.2 Å². The minimum atomic E-state index is -0.536. The van der Waals surface area contributed by atoms with Crippen LogP contribution in [0.15, 0.2) is 54.7 Å². The lowest BCUT2D eigenvalue weighted by molar-refractivity contribution is 0.0497. The van der Waals surface area contributed by atoms with Crippen molar-refractivity contribution in [1.82, 2.24) is 15.5 Å². The first kappa shape index (κ1) is 25.4. The van der Waals surface area contributed by atoms with Crippen LogP contribution in [-0.2, 0) is 4.74 Å². The zero-order valence-corrected chi connectivity index (χ0v) is 21.3. The highest BCUT2D eigenvalue weighted by Gasteiger charge is 2.26. The smallest absolute Gasteiger partial charge is 0.407 e. The van der Waals surface area contributed by atoms with Crippen molar-refractivity contribution in [1.29, 1.82) is 0 Å². The number of benzene rings is 2. The number of rotatable bonds is 5. The predicted molar refractivity (Wildman–Crippen MR) is 142 cm³/mol. The summed E-state index contributed by atoms with van der Waals surface area (Å²) in [6.07, 6.45) is 6.78. The Morgan fingerprint density at radius 2 is 1.83 bits per heavy atom. The number of halogens is 1.